The number of para-hydroxylation sites is 1. The fraction of sp³-hybridized carbons (Fsp3) is 0.250. The van der Waals surface area contributed by atoms with Crippen LogP contribution >= 0.6 is 0 Å². The predicted octanol–water partition coefficient (Wildman–Crippen LogP) is 2.82. The smallest absolute Gasteiger partial charge is 0.261 e. The third-order valence-corrected chi connectivity index (χ3v) is 4.46. The Morgan fingerprint density at radius 2 is 1.68 bits per heavy atom. The van der Waals surface area contributed by atoms with E-state index in [1.165, 1.54) is 12.1 Å². The average Bonchev–Trinajstić information content (AvgIpc) is 2.50. The van der Waals surface area contributed by atoms with Crippen LogP contribution in [0.1, 0.15) is 5.56 Å². The van der Waals surface area contributed by atoms with E-state index in [1.54, 1.807) is 31.4 Å². The molecule has 1 N–H and O–H groups in total. The molecule has 2 aromatic carbocycles. The molecule has 0 radical (unpaired) electrons. The van der Waals surface area contributed by atoms with Gasteiger partial charge < -0.3 is 9.47 Å². The van der Waals surface area contributed by atoms with Crippen molar-refractivity contribution >= 4 is 15.7 Å². The van der Waals surface area contributed by atoms with Gasteiger partial charge in [-0.2, -0.15) is 0 Å². The van der Waals surface area contributed by atoms with Crippen molar-refractivity contribution in [1.82, 2.24) is 0 Å². The quantitative estimate of drug-likeness (QED) is 0.797. The van der Waals surface area contributed by atoms with Crippen LogP contribution in [0.4, 0.5) is 5.69 Å². The van der Waals surface area contributed by atoms with Crippen molar-refractivity contribution in [3.63, 3.8) is 0 Å². The lowest BCUT2D eigenvalue weighted by atomic mass is 10.2. The fourth-order valence-corrected chi connectivity index (χ4v) is 2.98. The maximum Gasteiger partial charge on any atom is 0.261 e. The number of sulfonamides is 1. The van der Waals surface area contributed by atoms with Crippen LogP contribution in [0.15, 0.2) is 53.4 Å². The Morgan fingerprint density at radius 1 is 1.00 bits per heavy atom. The van der Waals surface area contributed by atoms with E-state index in [4.69, 9.17) is 9.47 Å². The van der Waals surface area contributed by atoms with Crippen molar-refractivity contribution in [2.45, 2.75) is 11.8 Å². The van der Waals surface area contributed by atoms with Crippen LogP contribution in [0.2, 0.25) is 0 Å². The minimum absolute atomic E-state index is 0.190. The summed E-state index contributed by atoms with van der Waals surface area (Å²) in [5.74, 6) is 0.604. The molecule has 0 aromatic heterocycles. The van der Waals surface area contributed by atoms with Crippen LogP contribution in [0.5, 0.6) is 5.75 Å². The highest BCUT2D eigenvalue weighted by Gasteiger charge is 2.15. The van der Waals surface area contributed by atoms with Crippen LogP contribution in [0.25, 0.3) is 0 Å². The first-order valence-electron chi connectivity index (χ1n) is 6.83. The Hall–Kier alpha value is -2.05. The van der Waals surface area contributed by atoms with E-state index < -0.39 is 10.0 Å². The number of benzene rings is 2. The van der Waals surface area contributed by atoms with E-state index in [0.29, 0.717) is 24.7 Å². The molecule has 118 valence electrons. The van der Waals surface area contributed by atoms with Crippen molar-refractivity contribution in [3.05, 3.63) is 54.1 Å². The molecule has 0 heterocycles. The fourth-order valence-electron chi connectivity index (χ4n) is 1.85. The van der Waals surface area contributed by atoms with Crippen LogP contribution in [0.3, 0.4) is 0 Å². The largest absolute Gasteiger partial charge is 0.491 e. The second kappa shape index (κ2) is 7.29. The summed E-state index contributed by atoms with van der Waals surface area (Å²) in [7, 11) is -2.01. The summed E-state index contributed by atoms with van der Waals surface area (Å²) in [5, 5.41) is 0. The lowest BCUT2D eigenvalue weighted by molar-refractivity contribution is 0.146. The number of ether oxygens (including phenoxy) is 2. The van der Waals surface area contributed by atoms with Crippen molar-refractivity contribution in [1.29, 1.82) is 0 Å². The summed E-state index contributed by atoms with van der Waals surface area (Å²) in [6.07, 6.45) is 0. The molecule has 0 aliphatic carbocycles. The number of methoxy groups -OCH3 is 1. The Bertz CT molecular complexity index is 711. The standard InChI is InChI=1S/C16H19NO4S/c1-13-5-3-4-6-16(13)17-22(18,19)15-9-7-14(8-10-15)21-12-11-20-2/h3-10,17H,11-12H2,1-2H3. The second-order valence-corrected chi connectivity index (χ2v) is 6.42. The first kappa shape index (κ1) is 16.3. The van der Waals surface area contributed by atoms with Crippen LogP contribution < -0.4 is 9.46 Å². The molecule has 2 aromatic rings. The molecule has 0 spiro atoms. The highest BCUT2D eigenvalue weighted by atomic mass is 32.2. The number of aryl methyl sites for hydroxylation is 1. The topological polar surface area (TPSA) is 64.6 Å². The van der Waals surface area contributed by atoms with Crippen molar-refractivity contribution < 1.29 is 17.9 Å². The average molecular weight is 321 g/mol. The van der Waals surface area contributed by atoms with Crippen LogP contribution in [-0.4, -0.2) is 28.7 Å². The van der Waals surface area contributed by atoms with E-state index >= 15 is 0 Å². The highest BCUT2D eigenvalue weighted by molar-refractivity contribution is 7.92. The molecule has 0 saturated carbocycles. The molecule has 0 unspecified atom stereocenters. The highest BCUT2D eigenvalue weighted by Crippen LogP contribution is 2.21. The van der Waals surface area contributed by atoms with E-state index in [1.807, 2.05) is 19.1 Å². The van der Waals surface area contributed by atoms with Gasteiger partial charge in [-0.05, 0) is 42.8 Å². The van der Waals surface area contributed by atoms with Gasteiger partial charge in [0.25, 0.3) is 10.0 Å². The summed E-state index contributed by atoms with van der Waals surface area (Å²) in [6, 6.07) is 13.5. The summed E-state index contributed by atoms with van der Waals surface area (Å²) >= 11 is 0. The Labute approximate surface area is 130 Å². The second-order valence-electron chi connectivity index (χ2n) is 4.73. The molecule has 0 bridgehead atoms. The molecule has 22 heavy (non-hydrogen) atoms. The van der Waals surface area contributed by atoms with Gasteiger partial charge in [0.15, 0.2) is 0 Å². The minimum Gasteiger partial charge on any atom is -0.491 e. The van der Waals surface area contributed by atoms with Gasteiger partial charge in [-0.3, -0.25) is 4.72 Å². The summed E-state index contributed by atoms with van der Waals surface area (Å²) in [6.45, 7) is 2.75. The molecule has 0 fully saturated rings. The van der Waals surface area contributed by atoms with Gasteiger partial charge in [-0.25, -0.2) is 8.42 Å². The zero-order valence-corrected chi connectivity index (χ0v) is 13.4. The maximum atomic E-state index is 12.4. The summed E-state index contributed by atoms with van der Waals surface area (Å²) in [5.41, 5.74) is 1.44. The van der Waals surface area contributed by atoms with Crippen LogP contribution in [0, 0.1) is 6.92 Å². The van der Waals surface area contributed by atoms with Crippen molar-refractivity contribution in [3.8, 4) is 5.75 Å². The molecule has 0 aliphatic heterocycles. The Kier molecular flexibility index (Phi) is 5.41. The number of nitrogens with one attached hydrogen (secondary N) is 1. The SMILES string of the molecule is COCCOc1ccc(S(=O)(=O)Nc2ccccc2C)cc1. The predicted molar refractivity (Wildman–Crippen MR) is 85.8 cm³/mol. The number of anilines is 1. The zero-order chi connectivity index (χ0) is 16.0. The van der Waals surface area contributed by atoms with E-state index in [-0.39, 0.29) is 4.90 Å². The van der Waals surface area contributed by atoms with Gasteiger partial charge in [-0.1, -0.05) is 18.2 Å². The Morgan fingerprint density at radius 3 is 2.32 bits per heavy atom. The molecular formula is C16H19NO4S. The third kappa shape index (κ3) is 4.22. The van der Waals surface area contributed by atoms with E-state index in [9.17, 15) is 8.42 Å². The monoisotopic (exact) mass is 321 g/mol. The summed E-state index contributed by atoms with van der Waals surface area (Å²) < 4.78 is 37.6. The zero-order valence-electron chi connectivity index (χ0n) is 12.6. The first-order valence-corrected chi connectivity index (χ1v) is 8.31. The number of hydrogen-bond donors (Lipinski definition) is 1. The molecule has 6 heteroatoms. The molecule has 0 saturated heterocycles. The molecule has 0 atom stereocenters. The Balaban J connectivity index is 2.11. The number of hydrogen-bond acceptors (Lipinski definition) is 4. The van der Waals surface area contributed by atoms with Gasteiger partial charge >= 0.3 is 0 Å². The molecule has 0 aliphatic rings. The maximum absolute atomic E-state index is 12.4. The minimum atomic E-state index is -3.61. The lowest BCUT2D eigenvalue weighted by Crippen LogP contribution is -2.13. The lowest BCUT2D eigenvalue weighted by Gasteiger charge is -2.11. The van der Waals surface area contributed by atoms with E-state index in [2.05, 4.69) is 4.72 Å². The molecule has 0 amide bonds. The summed E-state index contributed by atoms with van der Waals surface area (Å²) in [4.78, 5) is 0.190. The van der Waals surface area contributed by atoms with Gasteiger partial charge in [0.1, 0.15) is 12.4 Å². The normalized spacial score (nSPS) is 11.2. The van der Waals surface area contributed by atoms with Crippen LogP contribution in [-0.2, 0) is 14.8 Å². The van der Waals surface area contributed by atoms with E-state index in [0.717, 1.165) is 5.56 Å². The van der Waals surface area contributed by atoms with Gasteiger partial charge in [-0.15, -0.1) is 0 Å². The molecular weight excluding hydrogens is 302 g/mol. The van der Waals surface area contributed by atoms with Crippen molar-refractivity contribution in [2.24, 2.45) is 0 Å². The third-order valence-electron chi connectivity index (χ3n) is 3.08. The number of rotatable bonds is 7. The van der Waals surface area contributed by atoms with Gasteiger partial charge in [0.2, 0.25) is 0 Å². The van der Waals surface area contributed by atoms with Crippen molar-refractivity contribution in [2.75, 3.05) is 25.0 Å². The molecule has 2 rings (SSSR count). The van der Waals surface area contributed by atoms with Gasteiger partial charge in [0, 0.05) is 7.11 Å². The molecule has 5 nitrogen and oxygen atoms in total. The van der Waals surface area contributed by atoms with Gasteiger partial charge in [0.05, 0.1) is 17.2 Å². The first-order chi connectivity index (χ1) is 10.5.